The number of Topliss-reactive ketones (excluding diaryl/α,β-unsaturated/α-hetero) is 1. The number of rotatable bonds is 6. The molecule has 0 radical (unpaired) electrons. The number of benzene rings is 3. The number of hydrogen-bond donors (Lipinski definition) is 1. The van der Waals surface area contributed by atoms with Gasteiger partial charge in [0.2, 0.25) is 5.91 Å². The second-order valence-corrected chi connectivity index (χ2v) is 9.12. The number of amides is 1. The fourth-order valence-electron chi connectivity index (χ4n) is 4.90. The summed E-state index contributed by atoms with van der Waals surface area (Å²) in [5.74, 6) is -0.896. The van der Waals surface area contributed by atoms with Crippen molar-refractivity contribution in [1.82, 2.24) is 9.88 Å². The third-order valence-corrected chi connectivity index (χ3v) is 6.85. The normalized spacial score (nSPS) is 13.9. The van der Waals surface area contributed by atoms with Crippen LogP contribution < -0.4 is 4.90 Å². The van der Waals surface area contributed by atoms with E-state index >= 15 is 0 Å². The fraction of sp³-hybridized carbons (Fsp3) is 0.241. The van der Waals surface area contributed by atoms with E-state index in [1.54, 1.807) is 23.1 Å². The number of aromatic nitrogens is 1. The number of halogens is 2. The summed E-state index contributed by atoms with van der Waals surface area (Å²) >= 11 is 0. The number of carbonyl (C=O) groups excluding carboxylic acids is 2. The van der Waals surface area contributed by atoms with E-state index in [-0.39, 0.29) is 17.5 Å². The third-order valence-electron chi connectivity index (χ3n) is 6.85. The molecule has 0 spiro atoms. The molecule has 1 aliphatic rings. The lowest BCUT2D eigenvalue weighted by Gasteiger charge is -2.36. The largest absolute Gasteiger partial charge is 0.366 e. The number of aryl methyl sites for hydroxylation is 1. The average Bonchev–Trinajstić information content (AvgIpc) is 3.25. The summed E-state index contributed by atoms with van der Waals surface area (Å²) in [6.07, 6.45) is 0.777. The molecule has 4 aromatic rings. The molecule has 2 heterocycles. The van der Waals surface area contributed by atoms with Crippen molar-refractivity contribution < 1.29 is 18.4 Å². The van der Waals surface area contributed by atoms with E-state index in [2.05, 4.69) is 4.98 Å². The number of aromatic amines is 1. The van der Waals surface area contributed by atoms with Gasteiger partial charge < -0.3 is 14.8 Å². The van der Waals surface area contributed by atoms with Crippen LogP contribution >= 0.6 is 0 Å². The van der Waals surface area contributed by atoms with Crippen LogP contribution in [0.5, 0.6) is 0 Å². The minimum absolute atomic E-state index is 0.0202. The number of carbonyl (C=O) groups is 2. The number of nitrogens with zero attached hydrogens (tertiary/aromatic N) is 2. The van der Waals surface area contributed by atoms with Gasteiger partial charge >= 0.3 is 0 Å². The molecule has 3 aromatic carbocycles. The zero-order valence-corrected chi connectivity index (χ0v) is 20.1. The average molecular weight is 488 g/mol. The minimum atomic E-state index is -0.428. The molecule has 0 aliphatic carbocycles. The summed E-state index contributed by atoms with van der Waals surface area (Å²) in [6, 6.07) is 19.0. The number of piperazine rings is 1. The van der Waals surface area contributed by atoms with Crippen LogP contribution in [-0.4, -0.2) is 47.8 Å². The van der Waals surface area contributed by atoms with Crippen molar-refractivity contribution in [3.63, 3.8) is 0 Å². The first-order valence-electron chi connectivity index (χ1n) is 12.1. The number of ketones is 1. The predicted octanol–water partition coefficient (Wildman–Crippen LogP) is 5.60. The molecule has 0 saturated carbocycles. The molecule has 36 heavy (non-hydrogen) atoms. The molecular formula is C29H27F2N3O2. The zero-order chi connectivity index (χ0) is 25.2. The number of hydrogen-bond acceptors (Lipinski definition) is 3. The van der Waals surface area contributed by atoms with Gasteiger partial charge in [0.15, 0.2) is 5.78 Å². The monoisotopic (exact) mass is 487 g/mol. The van der Waals surface area contributed by atoms with Gasteiger partial charge in [0.25, 0.3) is 0 Å². The van der Waals surface area contributed by atoms with E-state index in [0.29, 0.717) is 50.3 Å². The first-order chi connectivity index (χ1) is 17.4. The highest BCUT2D eigenvalue weighted by atomic mass is 19.1. The second kappa shape index (κ2) is 9.93. The van der Waals surface area contributed by atoms with Crippen LogP contribution in [0.3, 0.4) is 0 Å². The van der Waals surface area contributed by atoms with E-state index in [0.717, 1.165) is 27.7 Å². The van der Waals surface area contributed by atoms with Gasteiger partial charge in [-0.05, 0) is 60.9 Å². The lowest BCUT2D eigenvalue weighted by molar-refractivity contribution is -0.131. The first-order valence-corrected chi connectivity index (χ1v) is 12.1. The van der Waals surface area contributed by atoms with Crippen molar-refractivity contribution in [3.05, 3.63) is 89.5 Å². The molecule has 1 aromatic heterocycles. The highest BCUT2D eigenvalue weighted by molar-refractivity contribution is 5.94. The Morgan fingerprint density at radius 3 is 2.36 bits per heavy atom. The van der Waals surface area contributed by atoms with Crippen molar-refractivity contribution in [2.45, 2.75) is 19.8 Å². The van der Waals surface area contributed by atoms with Gasteiger partial charge in [0, 0.05) is 54.8 Å². The molecule has 1 N–H and O–H groups in total. The van der Waals surface area contributed by atoms with E-state index < -0.39 is 5.82 Å². The zero-order valence-electron chi connectivity index (χ0n) is 20.1. The topological polar surface area (TPSA) is 56.4 Å². The molecule has 1 saturated heterocycles. The molecule has 1 aliphatic heterocycles. The highest BCUT2D eigenvalue weighted by Gasteiger charge is 2.24. The van der Waals surface area contributed by atoms with Gasteiger partial charge in [-0.2, -0.15) is 0 Å². The second-order valence-electron chi connectivity index (χ2n) is 9.12. The summed E-state index contributed by atoms with van der Waals surface area (Å²) in [7, 11) is 0. The quantitative estimate of drug-likeness (QED) is 0.361. The van der Waals surface area contributed by atoms with Crippen LogP contribution in [-0.2, 0) is 11.2 Å². The van der Waals surface area contributed by atoms with Crippen LogP contribution in [0, 0.1) is 11.6 Å². The molecule has 184 valence electrons. The van der Waals surface area contributed by atoms with E-state index in [1.807, 2.05) is 35.2 Å². The molecular weight excluding hydrogens is 460 g/mol. The lowest BCUT2D eigenvalue weighted by atomic mass is 10.0. The molecule has 0 unspecified atom stereocenters. The first kappa shape index (κ1) is 23.7. The van der Waals surface area contributed by atoms with Crippen LogP contribution in [0.15, 0.2) is 66.7 Å². The lowest BCUT2D eigenvalue weighted by Crippen LogP contribution is -2.49. The molecule has 5 nitrogen and oxygen atoms in total. The van der Waals surface area contributed by atoms with Crippen LogP contribution in [0.1, 0.15) is 29.3 Å². The third kappa shape index (κ3) is 4.73. The maximum atomic E-state index is 14.6. The molecule has 1 fully saturated rings. The summed E-state index contributed by atoms with van der Waals surface area (Å²) in [4.78, 5) is 31.7. The van der Waals surface area contributed by atoms with Crippen molar-refractivity contribution in [1.29, 1.82) is 0 Å². The van der Waals surface area contributed by atoms with Crippen LogP contribution in [0.25, 0.3) is 22.2 Å². The molecule has 0 bridgehead atoms. The minimum Gasteiger partial charge on any atom is -0.366 e. The van der Waals surface area contributed by atoms with Crippen molar-refractivity contribution in [3.8, 4) is 11.3 Å². The Labute approximate surface area is 208 Å². The van der Waals surface area contributed by atoms with Gasteiger partial charge in [-0.25, -0.2) is 8.78 Å². The smallest absolute Gasteiger partial charge is 0.223 e. The Bertz CT molecular complexity index is 1420. The number of nitrogens with one attached hydrogen (secondary N) is 1. The molecule has 1 amide bonds. The van der Waals surface area contributed by atoms with Gasteiger partial charge in [0.1, 0.15) is 11.6 Å². The van der Waals surface area contributed by atoms with Crippen molar-refractivity contribution in [2.24, 2.45) is 0 Å². The van der Waals surface area contributed by atoms with Gasteiger partial charge in [-0.1, -0.05) is 30.3 Å². The number of anilines is 1. The molecule has 0 atom stereocenters. The maximum absolute atomic E-state index is 14.6. The molecule has 7 heteroatoms. The van der Waals surface area contributed by atoms with E-state index in [4.69, 9.17) is 0 Å². The molecule has 5 rings (SSSR count). The van der Waals surface area contributed by atoms with Gasteiger partial charge in [-0.15, -0.1) is 0 Å². The number of H-pyrrole nitrogens is 1. The Hall–Kier alpha value is -4.00. The van der Waals surface area contributed by atoms with Gasteiger partial charge in [-0.3, -0.25) is 9.59 Å². The van der Waals surface area contributed by atoms with E-state index in [1.165, 1.54) is 25.1 Å². The summed E-state index contributed by atoms with van der Waals surface area (Å²) in [5.41, 5.74) is 4.44. The summed E-state index contributed by atoms with van der Waals surface area (Å²) in [5, 5.41) is 0.788. The number of fused-ring (bicyclic) bond motifs is 1. The van der Waals surface area contributed by atoms with Crippen LogP contribution in [0.2, 0.25) is 0 Å². The highest BCUT2D eigenvalue weighted by Crippen LogP contribution is 2.32. The SMILES string of the molecule is CC(=O)c1ccc(N2CCN(C(=O)CCc3c(-c4ccccc4)[nH]c4ccc(F)cc34)CC2)c(F)c1. The predicted molar refractivity (Wildman–Crippen MR) is 137 cm³/mol. The van der Waals surface area contributed by atoms with Crippen LogP contribution in [0.4, 0.5) is 14.5 Å². The Kier molecular flexibility index (Phi) is 6.55. The van der Waals surface area contributed by atoms with Gasteiger partial charge in [0.05, 0.1) is 5.69 Å². The Balaban J connectivity index is 1.28. The Morgan fingerprint density at radius 2 is 1.67 bits per heavy atom. The van der Waals surface area contributed by atoms with Crippen molar-refractivity contribution >= 4 is 28.3 Å². The standard InChI is InChI=1S/C29H27F2N3O2/c1-19(35)21-7-11-27(25(31)17-21)33-13-15-34(16-14-33)28(36)12-9-23-24-18-22(30)8-10-26(24)32-29(23)20-5-3-2-4-6-20/h2-8,10-11,17-18,32H,9,12-16H2,1H3. The fourth-order valence-corrected chi connectivity index (χ4v) is 4.90. The summed E-state index contributed by atoms with van der Waals surface area (Å²) < 4.78 is 28.6. The van der Waals surface area contributed by atoms with Crippen molar-refractivity contribution in [2.75, 3.05) is 31.1 Å². The Morgan fingerprint density at radius 1 is 0.917 bits per heavy atom. The maximum Gasteiger partial charge on any atom is 0.223 e. The summed E-state index contributed by atoms with van der Waals surface area (Å²) in [6.45, 7) is 3.40. The van der Waals surface area contributed by atoms with E-state index in [9.17, 15) is 18.4 Å².